The maximum Gasteiger partial charge on any atom is 0.253 e. The zero-order valence-electron chi connectivity index (χ0n) is 8.83. The zero-order chi connectivity index (χ0) is 11.5. The van der Waals surface area contributed by atoms with Crippen molar-refractivity contribution in [3.8, 4) is 0 Å². The van der Waals surface area contributed by atoms with Crippen LogP contribution in [0.15, 0.2) is 24.3 Å². The Morgan fingerprint density at radius 2 is 2.06 bits per heavy atom. The van der Waals surface area contributed by atoms with Gasteiger partial charge in [0.05, 0.1) is 0 Å². The van der Waals surface area contributed by atoms with Gasteiger partial charge in [0, 0.05) is 27.1 Å². The second kappa shape index (κ2) is 5.49. The topological polar surface area (TPSA) is 20.3 Å². The Balaban J connectivity index is 2.08. The van der Waals surface area contributed by atoms with E-state index in [1.807, 2.05) is 29.2 Å². The van der Waals surface area contributed by atoms with E-state index >= 15 is 0 Å². The Morgan fingerprint density at radius 3 is 2.69 bits per heavy atom. The predicted octanol–water partition coefficient (Wildman–Crippen LogP) is 3.29. The molecule has 1 amide bonds. The molecule has 86 valence electrons. The minimum absolute atomic E-state index is 0.165. The van der Waals surface area contributed by atoms with Crippen molar-refractivity contribution in [3.05, 3.63) is 33.4 Å². The Kier molecular flexibility index (Phi) is 4.24. The molecule has 4 heteroatoms. The molecule has 1 saturated heterocycles. The molecule has 0 bridgehead atoms. The molecule has 0 radical (unpaired) electrons. The lowest BCUT2D eigenvalue weighted by molar-refractivity contribution is 0.0728. The van der Waals surface area contributed by atoms with E-state index in [9.17, 15) is 4.79 Å². The summed E-state index contributed by atoms with van der Waals surface area (Å²) in [5.74, 6) is 0.165. The van der Waals surface area contributed by atoms with Crippen LogP contribution in [0.4, 0.5) is 0 Å². The largest absolute Gasteiger partial charge is 0.339 e. The highest BCUT2D eigenvalue weighted by molar-refractivity contribution is 14.1. The summed E-state index contributed by atoms with van der Waals surface area (Å²) in [5, 5.41) is 0. The molecule has 16 heavy (non-hydrogen) atoms. The fraction of sp³-hybridized carbons (Fsp3) is 0.417. The van der Waals surface area contributed by atoms with E-state index in [2.05, 4.69) is 38.5 Å². The second-order valence-corrected chi connectivity index (χ2v) is 6.52. The fourth-order valence-corrected chi connectivity index (χ4v) is 2.81. The van der Waals surface area contributed by atoms with Crippen molar-refractivity contribution >= 4 is 44.4 Å². The van der Waals surface area contributed by atoms with Crippen LogP contribution in [0, 0.1) is 3.57 Å². The first-order valence-corrected chi connectivity index (χ1v) is 7.35. The van der Waals surface area contributed by atoms with E-state index in [0.717, 1.165) is 35.1 Å². The number of halogens is 2. The van der Waals surface area contributed by atoms with Gasteiger partial charge >= 0.3 is 0 Å². The van der Waals surface area contributed by atoms with Crippen LogP contribution >= 0.6 is 38.5 Å². The quantitative estimate of drug-likeness (QED) is 0.529. The summed E-state index contributed by atoms with van der Waals surface area (Å²) in [6, 6.07) is 7.78. The van der Waals surface area contributed by atoms with Gasteiger partial charge in [0.2, 0.25) is 0 Å². The molecule has 0 atom stereocenters. The van der Waals surface area contributed by atoms with Crippen LogP contribution in [0.1, 0.15) is 23.2 Å². The Hall–Kier alpha value is -0.100. The normalized spacial score (nSPS) is 17.5. The lowest BCUT2D eigenvalue weighted by Gasteiger charge is -2.29. The number of alkyl halides is 1. The minimum Gasteiger partial charge on any atom is -0.339 e. The Bertz CT molecular complexity index is 388. The molecular weight excluding hydrogens is 381 g/mol. The maximum atomic E-state index is 12.2. The van der Waals surface area contributed by atoms with E-state index in [4.69, 9.17) is 0 Å². The van der Waals surface area contributed by atoms with Crippen LogP contribution in [0.25, 0.3) is 0 Å². The van der Waals surface area contributed by atoms with E-state index in [-0.39, 0.29) is 5.91 Å². The summed E-state index contributed by atoms with van der Waals surface area (Å²) in [5.41, 5.74) is 0.805. The lowest BCUT2D eigenvalue weighted by atomic mass is 10.1. The minimum atomic E-state index is 0.165. The third kappa shape index (κ3) is 2.97. The predicted molar refractivity (Wildman–Crippen MR) is 77.0 cm³/mol. The van der Waals surface area contributed by atoms with Crippen LogP contribution in [-0.4, -0.2) is 28.7 Å². The van der Waals surface area contributed by atoms with Crippen LogP contribution in [0.3, 0.4) is 0 Å². The van der Waals surface area contributed by atoms with E-state index in [1.165, 1.54) is 0 Å². The molecule has 0 aromatic heterocycles. The van der Waals surface area contributed by atoms with Gasteiger partial charge < -0.3 is 4.90 Å². The van der Waals surface area contributed by atoms with Gasteiger partial charge in [0.1, 0.15) is 0 Å². The Labute approximate surface area is 118 Å². The third-order valence-electron chi connectivity index (χ3n) is 2.78. The lowest BCUT2D eigenvalue weighted by Crippen LogP contribution is -2.38. The summed E-state index contributed by atoms with van der Waals surface area (Å²) < 4.78 is 1.11. The fourth-order valence-electron chi connectivity index (χ4n) is 1.86. The average Bonchev–Trinajstić information content (AvgIpc) is 2.29. The number of benzene rings is 1. The Morgan fingerprint density at radius 1 is 1.38 bits per heavy atom. The third-order valence-corrected chi connectivity index (χ3v) is 4.37. The van der Waals surface area contributed by atoms with Gasteiger partial charge in [-0.3, -0.25) is 4.79 Å². The molecular formula is C12H13BrINO. The molecule has 0 spiro atoms. The first-order valence-electron chi connectivity index (χ1n) is 5.36. The van der Waals surface area contributed by atoms with Crippen LogP contribution < -0.4 is 0 Å². The number of carbonyl (C=O) groups excluding carboxylic acids is 1. The van der Waals surface area contributed by atoms with Gasteiger partial charge in [-0.1, -0.05) is 22.0 Å². The molecule has 1 aromatic carbocycles. The summed E-state index contributed by atoms with van der Waals surface area (Å²) >= 11 is 5.83. The highest BCUT2D eigenvalue weighted by Gasteiger charge is 2.21. The van der Waals surface area contributed by atoms with Crippen molar-refractivity contribution in [2.24, 2.45) is 0 Å². The molecule has 1 heterocycles. The number of hydrogen-bond donors (Lipinski definition) is 0. The van der Waals surface area contributed by atoms with Gasteiger partial charge in [-0.25, -0.2) is 0 Å². The molecule has 0 N–H and O–H groups in total. The van der Waals surface area contributed by atoms with Crippen LogP contribution in [-0.2, 0) is 0 Å². The molecule has 2 nitrogen and oxygen atoms in total. The molecule has 0 aliphatic carbocycles. The number of nitrogens with zero attached hydrogens (tertiary/aromatic N) is 1. The number of hydrogen-bond acceptors (Lipinski definition) is 1. The van der Waals surface area contributed by atoms with Gasteiger partial charge in [0.25, 0.3) is 5.91 Å². The molecule has 1 aliphatic heterocycles. The van der Waals surface area contributed by atoms with Gasteiger partial charge in [-0.15, -0.1) is 0 Å². The smallest absolute Gasteiger partial charge is 0.253 e. The maximum absolute atomic E-state index is 12.2. The van der Waals surface area contributed by atoms with E-state index < -0.39 is 0 Å². The van der Waals surface area contributed by atoms with E-state index in [0.29, 0.717) is 4.83 Å². The van der Waals surface area contributed by atoms with Crippen LogP contribution in [0.2, 0.25) is 0 Å². The van der Waals surface area contributed by atoms with Gasteiger partial charge in [-0.2, -0.15) is 0 Å². The molecule has 0 unspecified atom stereocenters. The summed E-state index contributed by atoms with van der Waals surface area (Å²) in [6.07, 6.45) is 2.10. The number of amides is 1. The summed E-state index contributed by atoms with van der Waals surface area (Å²) in [6.45, 7) is 1.72. The molecule has 1 fully saturated rings. The number of likely N-dealkylation sites (tertiary alicyclic amines) is 1. The van der Waals surface area contributed by atoms with Crippen molar-refractivity contribution in [1.29, 1.82) is 0 Å². The van der Waals surface area contributed by atoms with Gasteiger partial charge in [-0.05, 0) is 53.6 Å². The zero-order valence-corrected chi connectivity index (χ0v) is 12.6. The number of piperidine rings is 1. The SMILES string of the molecule is O=C(c1cccc(I)c1)N1CCC(Br)CC1. The monoisotopic (exact) mass is 393 g/mol. The van der Waals surface area contributed by atoms with Crippen molar-refractivity contribution in [3.63, 3.8) is 0 Å². The molecule has 0 saturated carbocycles. The van der Waals surface area contributed by atoms with Gasteiger partial charge in [0.15, 0.2) is 0 Å². The summed E-state index contributed by atoms with van der Waals surface area (Å²) in [7, 11) is 0. The second-order valence-electron chi connectivity index (χ2n) is 3.98. The van der Waals surface area contributed by atoms with Crippen molar-refractivity contribution in [1.82, 2.24) is 4.90 Å². The van der Waals surface area contributed by atoms with Crippen molar-refractivity contribution in [2.45, 2.75) is 17.7 Å². The van der Waals surface area contributed by atoms with Crippen molar-refractivity contribution < 1.29 is 4.79 Å². The highest BCUT2D eigenvalue weighted by Crippen LogP contribution is 2.19. The molecule has 2 rings (SSSR count). The standard InChI is InChI=1S/C12H13BrINO/c13-10-4-6-15(7-5-10)12(16)9-2-1-3-11(14)8-9/h1-3,8,10H,4-7H2. The van der Waals surface area contributed by atoms with Crippen LogP contribution in [0.5, 0.6) is 0 Å². The average molecular weight is 394 g/mol. The first kappa shape index (κ1) is 12.4. The molecule has 1 aliphatic rings. The van der Waals surface area contributed by atoms with E-state index in [1.54, 1.807) is 0 Å². The number of carbonyl (C=O) groups is 1. The highest BCUT2D eigenvalue weighted by atomic mass is 127. The summed E-state index contributed by atoms with van der Waals surface area (Å²) in [4.78, 5) is 14.7. The first-order chi connectivity index (χ1) is 7.66. The molecule has 1 aromatic rings. The number of rotatable bonds is 1. The van der Waals surface area contributed by atoms with Crippen molar-refractivity contribution in [2.75, 3.05) is 13.1 Å².